The van der Waals surface area contributed by atoms with Crippen molar-refractivity contribution in [3.63, 3.8) is 0 Å². The predicted octanol–water partition coefficient (Wildman–Crippen LogP) is 4.52. The average Bonchev–Trinajstić information content (AvgIpc) is 2.66. The van der Waals surface area contributed by atoms with Crippen LogP contribution in [0.5, 0.6) is 0 Å². The summed E-state index contributed by atoms with van der Waals surface area (Å²) in [5.74, 6) is 1.08. The van der Waals surface area contributed by atoms with E-state index in [0.29, 0.717) is 17.8 Å². The smallest absolute Gasteiger partial charge is 0.126 e. The SMILES string of the molecule is CCCC1CC(c2ccccc2)c2ccccc2C(N)=N1.Cl. The fraction of sp³-hybridized carbons (Fsp3) is 0.316. The van der Waals surface area contributed by atoms with Crippen LogP contribution in [-0.4, -0.2) is 11.9 Å². The molecule has 116 valence electrons. The van der Waals surface area contributed by atoms with E-state index in [1.165, 1.54) is 11.1 Å². The summed E-state index contributed by atoms with van der Waals surface area (Å²) in [5, 5.41) is 0. The van der Waals surface area contributed by atoms with E-state index in [-0.39, 0.29) is 12.4 Å². The van der Waals surface area contributed by atoms with E-state index in [9.17, 15) is 0 Å². The summed E-state index contributed by atoms with van der Waals surface area (Å²) in [6.45, 7) is 2.21. The summed E-state index contributed by atoms with van der Waals surface area (Å²) in [4.78, 5) is 4.78. The number of fused-ring (bicyclic) bond motifs is 1. The van der Waals surface area contributed by atoms with Crippen LogP contribution < -0.4 is 5.73 Å². The van der Waals surface area contributed by atoms with Gasteiger partial charge in [-0.15, -0.1) is 12.4 Å². The van der Waals surface area contributed by atoms with Crippen LogP contribution in [0.25, 0.3) is 0 Å². The third kappa shape index (κ3) is 3.33. The molecule has 0 saturated heterocycles. The highest BCUT2D eigenvalue weighted by atomic mass is 35.5. The van der Waals surface area contributed by atoms with Crippen LogP contribution in [0.15, 0.2) is 59.6 Å². The Hall–Kier alpha value is -1.80. The van der Waals surface area contributed by atoms with Gasteiger partial charge in [-0.05, 0) is 24.0 Å². The molecule has 2 unspecified atom stereocenters. The van der Waals surface area contributed by atoms with Gasteiger partial charge in [-0.25, -0.2) is 0 Å². The Labute approximate surface area is 138 Å². The van der Waals surface area contributed by atoms with E-state index in [4.69, 9.17) is 10.7 Å². The number of aliphatic imine (C=N–C) groups is 1. The third-order valence-corrected chi connectivity index (χ3v) is 4.27. The number of rotatable bonds is 3. The Kier molecular flexibility index (Phi) is 5.62. The lowest BCUT2D eigenvalue weighted by Crippen LogP contribution is -2.16. The van der Waals surface area contributed by atoms with Gasteiger partial charge in [0.15, 0.2) is 0 Å². The lowest BCUT2D eigenvalue weighted by Gasteiger charge is -2.20. The van der Waals surface area contributed by atoms with Crippen LogP contribution in [0.3, 0.4) is 0 Å². The quantitative estimate of drug-likeness (QED) is 0.889. The normalized spacial score (nSPS) is 20.3. The van der Waals surface area contributed by atoms with Crippen LogP contribution in [-0.2, 0) is 0 Å². The second-order valence-electron chi connectivity index (χ2n) is 5.74. The molecule has 2 aromatic rings. The topological polar surface area (TPSA) is 38.4 Å². The first-order chi connectivity index (χ1) is 10.3. The highest BCUT2D eigenvalue weighted by Gasteiger charge is 2.25. The molecule has 0 saturated carbocycles. The van der Waals surface area contributed by atoms with Gasteiger partial charge in [0, 0.05) is 11.5 Å². The lowest BCUT2D eigenvalue weighted by atomic mass is 9.84. The molecule has 0 aromatic heterocycles. The molecule has 0 fully saturated rings. The molecule has 3 rings (SSSR count). The first-order valence-electron chi connectivity index (χ1n) is 7.77. The van der Waals surface area contributed by atoms with E-state index in [1.807, 2.05) is 6.07 Å². The largest absolute Gasteiger partial charge is 0.383 e. The highest BCUT2D eigenvalue weighted by molar-refractivity contribution is 5.99. The molecule has 2 atom stereocenters. The zero-order valence-electron chi connectivity index (χ0n) is 12.9. The molecule has 22 heavy (non-hydrogen) atoms. The van der Waals surface area contributed by atoms with Crippen molar-refractivity contribution < 1.29 is 0 Å². The molecule has 0 amide bonds. The van der Waals surface area contributed by atoms with Crippen molar-refractivity contribution in [3.05, 3.63) is 71.3 Å². The molecule has 2 N–H and O–H groups in total. The minimum absolute atomic E-state index is 0. The van der Waals surface area contributed by atoms with Crippen molar-refractivity contribution in [2.75, 3.05) is 0 Å². The summed E-state index contributed by atoms with van der Waals surface area (Å²) >= 11 is 0. The number of benzene rings is 2. The molecule has 1 aliphatic heterocycles. The Morgan fingerprint density at radius 3 is 2.45 bits per heavy atom. The number of hydrogen-bond acceptors (Lipinski definition) is 2. The Balaban J connectivity index is 0.00000176. The summed E-state index contributed by atoms with van der Waals surface area (Å²) in [5.41, 5.74) is 10.0. The number of nitrogens with two attached hydrogens (primary N) is 1. The first-order valence-corrected chi connectivity index (χ1v) is 7.77. The summed E-state index contributed by atoms with van der Waals surface area (Å²) in [6.07, 6.45) is 3.27. The molecule has 2 nitrogen and oxygen atoms in total. The maximum Gasteiger partial charge on any atom is 0.126 e. The maximum atomic E-state index is 6.26. The summed E-state index contributed by atoms with van der Waals surface area (Å²) in [7, 11) is 0. The molecule has 0 bridgehead atoms. The van der Waals surface area contributed by atoms with Crippen molar-refractivity contribution in [1.82, 2.24) is 0 Å². The monoisotopic (exact) mass is 314 g/mol. The molecule has 3 heteroatoms. The van der Waals surface area contributed by atoms with Crippen LogP contribution in [0.1, 0.15) is 48.8 Å². The number of halogens is 1. The van der Waals surface area contributed by atoms with Crippen LogP contribution in [0.4, 0.5) is 0 Å². The van der Waals surface area contributed by atoms with Gasteiger partial charge in [-0.2, -0.15) is 0 Å². The zero-order chi connectivity index (χ0) is 14.7. The minimum Gasteiger partial charge on any atom is -0.383 e. The van der Waals surface area contributed by atoms with E-state index in [0.717, 1.165) is 24.8 Å². The molecular weight excluding hydrogens is 292 g/mol. The van der Waals surface area contributed by atoms with E-state index in [2.05, 4.69) is 55.5 Å². The second-order valence-corrected chi connectivity index (χ2v) is 5.74. The van der Waals surface area contributed by atoms with Gasteiger partial charge in [-0.1, -0.05) is 67.9 Å². The molecule has 0 radical (unpaired) electrons. The van der Waals surface area contributed by atoms with E-state index in [1.54, 1.807) is 0 Å². The Bertz CT molecular complexity index is 637. The van der Waals surface area contributed by atoms with E-state index >= 15 is 0 Å². The standard InChI is InChI=1S/C19H22N2.ClH/c1-2-8-15-13-18(14-9-4-3-5-10-14)16-11-6-7-12-17(16)19(20)21-15;/h3-7,9-12,15,18H,2,8,13H2,1H3,(H2,20,21);1H. The van der Waals surface area contributed by atoms with Crippen LogP contribution in [0.2, 0.25) is 0 Å². The van der Waals surface area contributed by atoms with Gasteiger partial charge in [0.1, 0.15) is 5.84 Å². The Morgan fingerprint density at radius 1 is 1.05 bits per heavy atom. The fourth-order valence-electron chi connectivity index (χ4n) is 3.27. The maximum absolute atomic E-state index is 6.26. The molecule has 1 heterocycles. The van der Waals surface area contributed by atoms with Gasteiger partial charge in [0.2, 0.25) is 0 Å². The molecule has 0 spiro atoms. The lowest BCUT2D eigenvalue weighted by molar-refractivity contribution is 0.536. The van der Waals surface area contributed by atoms with E-state index < -0.39 is 0 Å². The van der Waals surface area contributed by atoms with Gasteiger partial charge in [-0.3, -0.25) is 4.99 Å². The molecular formula is C19H23ClN2. The van der Waals surface area contributed by atoms with Gasteiger partial charge < -0.3 is 5.73 Å². The van der Waals surface area contributed by atoms with Gasteiger partial charge in [0.25, 0.3) is 0 Å². The van der Waals surface area contributed by atoms with Crippen LogP contribution >= 0.6 is 12.4 Å². The van der Waals surface area contributed by atoms with Crippen molar-refractivity contribution >= 4 is 18.2 Å². The van der Waals surface area contributed by atoms with Crippen molar-refractivity contribution in [2.24, 2.45) is 10.7 Å². The van der Waals surface area contributed by atoms with Crippen molar-refractivity contribution in [3.8, 4) is 0 Å². The molecule has 0 aliphatic carbocycles. The second kappa shape index (κ2) is 7.46. The Morgan fingerprint density at radius 2 is 1.73 bits per heavy atom. The van der Waals surface area contributed by atoms with Crippen LogP contribution in [0, 0.1) is 0 Å². The third-order valence-electron chi connectivity index (χ3n) is 4.27. The molecule has 1 aliphatic rings. The fourth-order valence-corrected chi connectivity index (χ4v) is 3.27. The van der Waals surface area contributed by atoms with Crippen molar-refractivity contribution in [2.45, 2.75) is 38.1 Å². The number of hydrogen-bond donors (Lipinski definition) is 1. The van der Waals surface area contributed by atoms with Gasteiger partial charge >= 0.3 is 0 Å². The highest BCUT2D eigenvalue weighted by Crippen LogP contribution is 2.35. The van der Waals surface area contributed by atoms with Crippen molar-refractivity contribution in [1.29, 1.82) is 0 Å². The summed E-state index contributed by atoms with van der Waals surface area (Å²) < 4.78 is 0. The minimum atomic E-state index is 0. The number of amidine groups is 1. The zero-order valence-corrected chi connectivity index (χ0v) is 13.7. The summed E-state index contributed by atoms with van der Waals surface area (Å²) in [6, 6.07) is 19.5. The average molecular weight is 315 g/mol. The molecule has 2 aromatic carbocycles. The number of nitrogens with zero attached hydrogens (tertiary/aromatic N) is 1. The van der Waals surface area contributed by atoms with Gasteiger partial charge in [0.05, 0.1) is 6.04 Å². The predicted molar refractivity (Wildman–Crippen MR) is 96.0 cm³/mol. The first kappa shape index (κ1) is 16.6.